The maximum Gasteiger partial charge on any atom is 0.409 e. The molecule has 0 aromatic heterocycles. The zero-order valence-corrected chi connectivity index (χ0v) is 12.2. The molecule has 0 aliphatic rings. The zero-order chi connectivity index (χ0) is 15.2. The molecule has 0 spiro atoms. The van der Waals surface area contributed by atoms with Crippen LogP contribution in [-0.4, -0.2) is 6.09 Å². The lowest BCUT2D eigenvalue weighted by Gasteiger charge is -2.27. The number of hydrogen-bond acceptors (Lipinski definition) is 2. The van der Waals surface area contributed by atoms with Gasteiger partial charge < -0.3 is 10.5 Å². The molecule has 1 amide bonds. The molecule has 0 aliphatic carbocycles. The molecule has 3 heteroatoms. The Labute approximate surface area is 120 Å². The number of primary amides is 1. The highest BCUT2D eigenvalue weighted by atomic mass is 16.5. The molecule has 0 aliphatic heterocycles. The smallest absolute Gasteiger partial charge is 0.409 e. The van der Waals surface area contributed by atoms with Gasteiger partial charge in [0.15, 0.2) is 0 Å². The molecular weight excluding hydrogens is 250 g/mol. The van der Waals surface area contributed by atoms with Crippen molar-refractivity contribution in [3.05, 3.63) is 66.3 Å². The van der Waals surface area contributed by atoms with E-state index >= 15 is 0 Å². The van der Waals surface area contributed by atoms with Gasteiger partial charge in [-0.1, -0.05) is 56.9 Å². The number of hydrogen-bond donors (Lipinski definition) is 1. The molecule has 1 aromatic rings. The summed E-state index contributed by atoms with van der Waals surface area (Å²) >= 11 is 0. The third kappa shape index (κ3) is 3.85. The zero-order valence-electron chi connectivity index (χ0n) is 12.2. The van der Waals surface area contributed by atoms with Crippen molar-refractivity contribution in [1.82, 2.24) is 0 Å². The van der Waals surface area contributed by atoms with Crippen LogP contribution >= 0.6 is 0 Å². The topological polar surface area (TPSA) is 52.3 Å². The highest BCUT2D eigenvalue weighted by Gasteiger charge is 2.23. The number of carbonyl (C=O) groups excluding carboxylic acids is 1. The number of ether oxygens (including phenoxy) is 1. The number of allylic oxidation sites excluding steroid dienone is 5. The molecule has 0 fully saturated rings. The van der Waals surface area contributed by atoms with E-state index in [9.17, 15) is 4.79 Å². The second-order valence-electron chi connectivity index (χ2n) is 4.91. The number of carbonyl (C=O) groups is 1. The Kier molecular flexibility index (Phi) is 5.32. The van der Waals surface area contributed by atoms with Crippen molar-refractivity contribution in [1.29, 1.82) is 0 Å². The SMILES string of the molecule is C=C/C=C\C(=C/C)C(C)(C)c1ccc(OC(N)=O)cc1. The largest absolute Gasteiger partial charge is 0.411 e. The molecule has 2 N–H and O–H groups in total. The molecule has 0 saturated carbocycles. The number of nitrogens with two attached hydrogens (primary N) is 1. The Morgan fingerprint density at radius 1 is 1.30 bits per heavy atom. The molecule has 0 radical (unpaired) electrons. The number of benzene rings is 1. The fourth-order valence-corrected chi connectivity index (χ4v) is 2.06. The fourth-order valence-electron chi connectivity index (χ4n) is 2.06. The molecule has 0 bridgehead atoms. The minimum atomic E-state index is -0.805. The molecule has 0 saturated heterocycles. The van der Waals surface area contributed by atoms with Gasteiger partial charge in [-0.15, -0.1) is 0 Å². The van der Waals surface area contributed by atoms with Crippen LogP contribution in [0.3, 0.4) is 0 Å². The summed E-state index contributed by atoms with van der Waals surface area (Å²) in [6.07, 6.45) is 6.99. The molecule has 20 heavy (non-hydrogen) atoms. The minimum absolute atomic E-state index is 0.153. The standard InChI is InChI=1S/C17H21NO2/c1-5-7-8-13(6-2)17(3,4)14-9-11-15(12-10-14)20-16(18)19/h5-12H,1H2,2-4H3,(H2,18,19)/b8-7-,13-6+. The van der Waals surface area contributed by atoms with Gasteiger partial charge in [-0.05, 0) is 30.2 Å². The highest BCUT2D eigenvalue weighted by molar-refractivity contribution is 5.68. The second-order valence-corrected chi connectivity index (χ2v) is 4.91. The van der Waals surface area contributed by atoms with Gasteiger partial charge in [0.25, 0.3) is 0 Å². The van der Waals surface area contributed by atoms with E-state index in [4.69, 9.17) is 10.5 Å². The summed E-state index contributed by atoms with van der Waals surface area (Å²) in [6, 6.07) is 7.35. The second kappa shape index (κ2) is 6.75. The third-order valence-corrected chi connectivity index (χ3v) is 3.24. The Morgan fingerprint density at radius 2 is 1.90 bits per heavy atom. The third-order valence-electron chi connectivity index (χ3n) is 3.24. The number of amides is 1. The Bertz CT molecular complexity index is 537. The average molecular weight is 271 g/mol. The van der Waals surface area contributed by atoms with E-state index < -0.39 is 6.09 Å². The summed E-state index contributed by atoms with van der Waals surface area (Å²) in [5.74, 6) is 0.445. The monoisotopic (exact) mass is 271 g/mol. The first-order valence-corrected chi connectivity index (χ1v) is 6.45. The van der Waals surface area contributed by atoms with Crippen LogP contribution in [0.15, 0.2) is 60.7 Å². The van der Waals surface area contributed by atoms with Crippen LogP contribution in [0.5, 0.6) is 5.75 Å². The lowest BCUT2D eigenvalue weighted by Crippen LogP contribution is -2.20. The summed E-state index contributed by atoms with van der Waals surface area (Å²) in [6.45, 7) is 9.97. The predicted octanol–water partition coefficient (Wildman–Crippen LogP) is 4.11. The average Bonchev–Trinajstić information content (AvgIpc) is 2.39. The van der Waals surface area contributed by atoms with E-state index in [0.717, 1.165) is 5.56 Å². The first-order valence-electron chi connectivity index (χ1n) is 6.45. The van der Waals surface area contributed by atoms with Gasteiger partial charge in [0.05, 0.1) is 0 Å². The van der Waals surface area contributed by atoms with Crippen molar-refractivity contribution in [2.75, 3.05) is 0 Å². The van der Waals surface area contributed by atoms with Crippen LogP contribution in [0.2, 0.25) is 0 Å². The molecule has 106 valence electrons. The van der Waals surface area contributed by atoms with Gasteiger partial charge >= 0.3 is 6.09 Å². The fraction of sp³-hybridized carbons (Fsp3) is 0.235. The molecule has 1 rings (SSSR count). The Hall–Kier alpha value is -2.29. The van der Waals surface area contributed by atoms with Crippen LogP contribution in [0, 0.1) is 0 Å². The van der Waals surface area contributed by atoms with Gasteiger partial charge in [-0.3, -0.25) is 0 Å². The van der Waals surface area contributed by atoms with Gasteiger partial charge in [-0.2, -0.15) is 0 Å². The van der Waals surface area contributed by atoms with Crippen LogP contribution in [-0.2, 0) is 5.41 Å². The van der Waals surface area contributed by atoms with Crippen LogP contribution in [0.4, 0.5) is 4.79 Å². The van der Waals surface area contributed by atoms with Gasteiger partial charge in [0.2, 0.25) is 0 Å². The normalized spacial score (nSPS) is 12.4. The van der Waals surface area contributed by atoms with E-state index in [-0.39, 0.29) is 5.41 Å². The quantitative estimate of drug-likeness (QED) is 0.819. The predicted molar refractivity (Wildman–Crippen MR) is 82.8 cm³/mol. The van der Waals surface area contributed by atoms with Gasteiger partial charge in [0.1, 0.15) is 5.75 Å². The van der Waals surface area contributed by atoms with Crippen molar-refractivity contribution in [3.8, 4) is 5.75 Å². The summed E-state index contributed by atoms with van der Waals surface area (Å²) in [5, 5.41) is 0. The van der Waals surface area contributed by atoms with Crippen LogP contribution < -0.4 is 10.5 Å². The summed E-state index contributed by atoms with van der Waals surface area (Å²) < 4.78 is 4.83. The van der Waals surface area contributed by atoms with E-state index in [1.165, 1.54) is 5.57 Å². The molecule has 0 heterocycles. The minimum Gasteiger partial charge on any atom is -0.411 e. The van der Waals surface area contributed by atoms with E-state index in [0.29, 0.717) is 5.75 Å². The maximum atomic E-state index is 10.7. The lowest BCUT2D eigenvalue weighted by atomic mass is 9.77. The van der Waals surface area contributed by atoms with Crippen molar-refractivity contribution >= 4 is 6.09 Å². The van der Waals surface area contributed by atoms with Crippen molar-refractivity contribution in [2.24, 2.45) is 5.73 Å². The van der Waals surface area contributed by atoms with Crippen molar-refractivity contribution in [3.63, 3.8) is 0 Å². The van der Waals surface area contributed by atoms with Gasteiger partial charge in [-0.25, -0.2) is 4.79 Å². The highest BCUT2D eigenvalue weighted by Crippen LogP contribution is 2.33. The summed E-state index contributed by atoms with van der Waals surface area (Å²) in [4.78, 5) is 10.7. The maximum absolute atomic E-state index is 10.7. The van der Waals surface area contributed by atoms with Crippen LogP contribution in [0.1, 0.15) is 26.3 Å². The van der Waals surface area contributed by atoms with Gasteiger partial charge in [0, 0.05) is 5.41 Å². The lowest BCUT2D eigenvalue weighted by molar-refractivity contribution is 0.211. The summed E-state index contributed by atoms with van der Waals surface area (Å²) in [5.41, 5.74) is 7.13. The number of rotatable bonds is 5. The first kappa shape index (κ1) is 15.8. The van der Waals surface area contributed by atoms with Crippen LogP contribution in [0.25, 0.3) is 0 Å². The van der Waals surface area contributed by atoms with E-state index in [1.54, 1.807) is 18.2 Å². The molecule has 0 unspecified atom stereocenters. The molecule has 0 atom stereocenters. The van der Waals surface area contributed by atoms with E-state index in [2.05, 4.69) is 26.5 Å². The van der Waals surface area contributed by atoms with E-state index in [1.807, 2.05) is 31.2 Å². The molecule has 1 aromatic carbocycles. The van der Waals surface area contributed by atoms with Crippen molar-refractivity contribution < 1.29 is 9.53 Å². The Balaban J connectivity index is 3.05. The molecular formula is C17H21NO2. The Morgan fingerprint density at radius 3 is 2.35 bits per heavy atom. The first-order chi connectivity index (χ1) is 9.41. The molecule has 3 nitrogen and oxygen atoms in total. The van der Waals surface area contributed by atoms with Crippen molar-refractivity contribution in [2.45, 2.75) is 26.2 Å². The summed E-state index contributed by atoms with van der Waals surface area (Å²) in [7, 11) is 0.